The van der Waals surface area contributed by atoms with E-state index in [2.05, 4.69) is 0 Å². The summed E-state index contributed by atoms with van der Waals surface area (Å²) >= 11 is 0. The van der Waals surface area contributed by atoms with E-state index in [4.69, 9.17) is 4.74 Å². The Morgan fingerprint density at radius 3 is 2.57 bits per heavy atom. The third-order valence-corrected chi connectivity index (χ3v) is 5.02. The minimum Gasteiger partial charge on any atom is -0.383 e. The predicted octanol–water partition coefficient (Wildman–Crippen LogP) is 1.93. The number of rotatable bonds is 4. The Labute approximate surface area is 137 Å². The molecule has 0 aromatic heterocycles. The minimum atomic E-state index is -0.640. The predicted molar refractivity (Wildman–Crippen MR) is 87.1 cm³/mol. The average Bonchev–Trinajstić information content (AvgIpc) is 3.01. The highest BCUT2D eigenvalue weighted by atomic mass is 16.5. The topological polar surface area (TPSA) is 49.9 Å². The molecule has 0 N–H and O–H groups in total. The molecule has 2 fully saturated rings. The van der Waals surface area contributed by atoms with E-state index in [9.17, 15) is 9.59 Å². The molecular weight excluding hydrogens is 292 g/mol. The molecule has 5 nitrogen and oxygen atoms in total. The normalized spacial score (nSPS) is 24.5. The summed E-state index contributed by atoms with van der Waals surface area (Å²) < 4.78 is 5.11. The summed E-state index contributed by atoms with van der Waals surface area (Å²) in [5, 5.41) is 0. The van der Waals surface area contributed by atoms with Gasteiger partial charge in [-0.25, -0.2) is 0 Å². The molecule has 1 unspecified atom stereocenters. The van der Waals surface area contributed by atoms with Crippen LogP contribution >= 0.6 is 0 Å². The standard InChI is InChI=1S/C18H24N2O3/c1-23-14-13-19-11-5-9-18(17(19)22)10-6-12-20(18)16(21)15-7-3-2-4-8-15/h2-4,7-8H,5-6,9-14H2,1H3. The number of methoxy groups -OCH3 is 1. The average molecular weight is 316 g/mol. The lowest BCUT2D eigenvalue weighted by Crippen LogP contribution is -2.61. The summed E-state index contributed by atoms with van der Waals surface area (Å²) in [6.07, 6.45) is 3.37. The van der Waals surface area contributed by atoms with Crippen molar-refractivity contribution >= 4 is 11.8 Å². The van der Waals surface area contributed by atoms with E-state index in [-0.39, 0.29) is 11.8 Å². The Balaban J connectivity index is 1.84. The Morgan fingerprint density at radius 2 is 1.87 bits per heavy atom. The van der Waals surface area contributed by atoms with Crippen LogP contribution in [0.3, 0.4) is 0 Å². The molecule has 1 atom stereocenters. The van der Waals surface area contributed by atoms with E-state index in [1.165, 1.54) is 0 Å². The van der Waals surface area contributed by atoms with Gasteiger partial charge in [-0.15, -0.1) is 0 Å². The number of amides is 2. The highest BCUT2D eigenvalue weighted by Gasteiger charge is 2.52. The lowest BCUT2D eigenvalue weighted by Gasteiger charge is -2.44. The summed E-state index contributed by atoms with van der Waals surface area (Å²) in [6.45, 7) is 2.56. The number of carbonyl (C=O) groups is 2. The van der Waals surface area contributed by atoms with Crippen molar-refractivity contribution in [3.05, 3.63) is 35.9 Å². The van der Waals surface area contributed by atoms with E-state index in [0.717, 1.165) is 32.2 Å². The molecule has 0 bridgehead atoms. The summed E-state index contributed by atoms with van der Waals surface area (Å²) in [5.41, 5.74) is 0.0226. The van der Waals surface area contributed by atoms with Crippen molar-refractivity contribution in [1.82, 2.24) is 9.80 Å². The van der Waals surface area contributed by atoms with Crippen LogP contribution in [0.2, 0.25) is 0 Å². The van der Waals surface area contributed by atoms with E-state index in [1.807, 2.05) is 40.1 Å². The van der Waals surface area contributed by atoms with Gasteiger partial charge in [-0.3, -0.25) is 9.59 Å². The van der Waals surface area contributed by atoms with E-state index in [1.54, 1.807) is 7.11 Å². The number of piperidine rings is 1. The van der Waals surface area contributed by atoms with Gasteiger partial charge in [-0.05, 0) is 37.8 Å². The van der Waals surface area contributed by atoms with Gasteiger partial charge in [-0.2, -0.15) is 0 Å². The highest BCUT2D eigenvalue weighted by molar-refractivity contribution is 6.00. The van der Waals surface area contributed by atoms with Crippen LogP contribution in [0.15, 0.2) is 30.3 Å². The minimum absolute atomic E-state index is 0.0231. The maximum atomic E-state index is 13.1. The highest BCUT2D eigenvalue weighted by Crippen LogP contribution is 2.39. The molecule has 1 aromatic rings. The van der Waals surface area contributed by atoms with Gasteiger partial charge >= 0.3 is 0 Å². The van der Waals surface area contributed by atoms with Crippen molar-refractivity contribution in [3.8, 4) is 0 Å². The fourth-order valence-corrected chi connectivity index (χ4v) is 3.87. The van der Waals surface area contributed by atoms with Gasteiger partial charge in [0.05, 0.1) is 6.61 Å². The lowest BCUT2D eigenvalue weighted by molar-refractivity contribution is -0.146. The van der Waals surface area contributed by atoms with Crippen molar-refractivity contribution < 1.29 is 14.3 Å². The number of benzene rings is 1. The lowest BCUT2D eigenvalue weighted by atomic mass is 9.85. The molecule has 5 heteroatoms. The van der Waals surface area contributed by atoms with Crippen molar-refractivity contribution in [2.24, 2.45) is 0 Å². The van der Waals surface area contributed by atoms with Gasteiger partial charge in [0.1, 0.15) is 5.54 Å². The van der Waals surface area contributed by atoms with Crippen molar-refractivity contribution in [2.45, 2.75) is 31.2 Å². The zero-order valence-corrected chi connectivity index (χ0v) is 13.7. The third kappa shape index (κ3) is 2.85. The number of nitrogens with zero attached hydrogens (tertiary/aromatic N) is 2. The van der Waals surface area contributed by atoms with Crippen molar-refractivity contribution in [2.75, 3.05) is 33.4 Å². The number of likely N-dealkylation sites (tertiary alicyclic amines) is 2. The number of hydrogen-bond donors (Lipinski definition) is 0. The van der Waals surface area contributed by atoms with Crippen LogP contribution in [-0.4, -0.2) is 60.5 Å². The second-order valence-electron chi connectivity index (χ2n) is 6.35. The van der Waals surface area contributed by atoms with Crippen LogP contribution in [0.1, 0.15) is 36.0 Å². The fourth-order valence-electron chi connectivity index (χ4n) is 3.87. The number of ether oxygens (including phenoxy) is 1. The number of carbonyl (C=O) groups excluding carboxylic acids is 2. The molecule has 1 spiro atoms. The summed E-state index contributed by atoms with van der Waals surface area (Å²) in [4.78, 5) is 29.7. The maximum Gasteiger partial charge on any atom is 0.254 e. The van der Waals surface area contributed by atoms with Crippen LogP contribution in [0, 0.1) is 0 Å². The fraction of sp³-hybridized carbons (Fsp3) is 0.556. The Morgan fingerprint density at radius 1 is 1.17 bits per heavy atom. The van der Waals surface area contributed by atoms with E-state index >= 15 is 0 Å². The molecule has 23 heavy (non-hydrogen) atoms. The largest absolute Gasteiger partial charge is 0.383 e. The molecule has 2 aliphatic heterocycles. The van der Waals surface area contributed by atoms with Crippen LogP contribution in [0.25, 0.3) is 0 Å². The molecular formula is C18H24N2O3. The molecule has 2 aliphatic rings. The molecule has 1 aromatic carbocycles. The van der Waals surface area contributed by atoms with Gasteiger partial charge in [0, 0.05) is 32.3 Å². The second kappa shape index (κ2) is 6.71. The molecule has 2 amide bonds. The Hall–Kier alpha value is -1.88. The summed E-state index contributed by atoms with van der Waals surface area (Å²) in [6, 6.07) is 9.27. The molecule has 124 valence electrons. The van der Waals surface area contributed by atoms with Gasteiger partial charge in [0.2, 0.25) is 5.91 Å². The van der Waals surface area contributed by atoms with Crippen LogP contribution < -0.4 is 0 Å². The third-order valence-electron chi connectivity index (χ3n) is 5.02. The zero-order valence-electron chi connectivity index (χ0n) is 13.7. The summed E-state index contributed by atoms with van der Waals surface area (Å²) in [5.74, 6) is 0.0765. The first-order valence-corrected chi connectivity index (χ1v) is 8.34. The molecule has 3 rings (SSSR count). The molecule has 0 radical (unpaired) electrons. The van der Waals surface area contributed by atoms with Gasteiger partial charge in [0.25, 0.3) is 5.91 Å². The maximum absolute atomic E-state index is 13.1. The molecule has 0 saturated carbocycles. The van der Waals surface area contributed by atoms with Gasteiger partial charge in [-0.1, -0.05) is 18.2 Å². The summed E-state index contributed by atoms with van der Waals surface area (Å²) in [7, 11) is 1.64. The first-order valence-electron chi connectivity index (χ1n) is 8.34. The second-order valence-corrected chi connectivity index (χ2v) is 6.35. The molecule has 2 heterocycles. The van der Waals surface area contributed by atoms with Crippen molar-refractivity contribution in [3.63, 3.8) is 0 Å². The van der Waals surface area contributed by atoms with Crippen LogP contribution in [0.5, 0.6) is 0 Å². The molecule has 2 saturated heterocycles. The zero-order chi connectivity index (χ0) is 16.3. The Bertz CT molecular complexity index is 575. The first kappa shape index (κ1) is 16.0. The van der Waals surface area contributed by atoms with Gasteiger partial charge < -0.3 is 14.5 Å². The Kier molecular flexibility index (Phi) is 4.66. The number of hydrogen-bond acceptors (Lipinski definition) is 3. The van der Waals surface area contributed by atoms with Crippen molar-refractivity contribution in [1.29, 1.82) is 0 Å². The quantitative estimate of drug-likeness (QED) is 0.853. The molecule has 0 aliphatic carbocycles. The monoisotopic (exact) mass is 316 g/mol. The van der Waals surface area contributed by atoms with E-state index in [0.29, 0.717) is 25.3 Å². The van der Waals surface area contributed by atoms with Crippen LogP contribution in [-0.2, 0) is 9.53 Å². The smallest absolute Gasteiger partial charge is 0.254 e. The first-order chi connectivity index (χ1) is 11.2. The van der Waals surface area contributed by atoms with Crippen LogP contribution in [0.4, 0.5) is 0 Å². The van der Waals surface area contributed by atoms with E-state index < -0.39 is 5.54 Å². The van der Waals surface area contributed by atoms with Gasteiger partial charge in [0.15, 0.2) is 0 Å². The SMILES string of the molecule is COCCN1CCCC2(CCCN2C(=O)c2ccccc2)C1=O.